The van der Waals surface area contributed by atoms with Crippen LogP contribution in [0.15, 0.2) is 90.0 Å². The number of benzene rings is 3. The third-order valence-corrected chi connectivity index (χ3v) is 7.41. The molecule has 0 bridgehead atoms. The molecule has 1 atom stereocenters. The fourth-order valence-electron chi connectivity index (χ4n) is 4.24. The van der Waals surface area contributed by atoms with E-state index in [2.05, 4.69) is 27.6 Å². The van der Waals surface area contributed by atoms with Gasteiger partial charge in [0.15, 0.2) is 0 Å². The summed E-state index contributed by atoms with van der Waals surface area (Å²) in [5.74, 6) is 0.743. The molecule has 0 radical (unpaired) electrons. The van der Waals surface area contributed by atoms with Crippen LogP contribution in [0, 0.1) is 0 Å². The monoisotopic (exact) mass is 520 g/mol. The molecule has 8 nitrogen and oxygen atoms in total. The normalized spacial score (nSPS) is 15.0. The molecule has 9 heteroatoms. The number of hydrogen-bond acceptors (Lipinski definition) is 6. The largest absolute Gasteiger partial charge is 0.457 e. The Morgan fingerprint density at radius 2 is 1.51 bits per heavy atom. The van der Waals surface area contributed by atoms with Gasteiger partial charge in [-0.2, -0.15) is 5.10 Å². The summed E-state index contributed by atoms with van der Waals surface area (Å²) < 4.78 is 32.1. The van der Waals surface area contributed by atoms with E-state index in [1.54, 1.807) is 31.2 Å². The standard InChI is InChI=1S/C28H32N4O4S/c1-22(28(33)30-29-24-17-19-31(20-18-24)21-23-9-5-3-6-10-23)32(37(2,34)35)25-13-15-27(16-14-25)36-26-11-7-4-8-12-26/h3-16,22H,17-21H2,1-2H3,(H,30,33)/t22-/m0/s1. The average Bonchev–Trinajstić information content (AvgIpc) is 2.89. The molecule has 194 valence electrons. The number of rotatable bonds is 9. The lowest BCUT2D eigenvalue weighted by Crippen LogP contribution is -2.47. The van der Waals surface area contributed by atoms with Gasteiger partial charge < -0.3 is 4.74 Å². The Hall–Kier alpha value is -3.69. The molecule has 0 spiro atoms. The molecule has 1 fully saturated rings. The molecule has 1 aliphatic rings. The van der Waals surface area contributed by atoms with Gasteiger partial charge in [0.25, 0.3) is 5.91 Å². The molecule has 0 aromatic heterocycles. The van der Waals surface area contributed by atoms with E-state index in [1.165, 1.54) is 5.56 Å². The van der Waals surface area contributed by atoms with Crippen molar-refractivity contribution in [3.05, 3.63) is 90.5 Å². The van der Waals surface area contributed by atoms with Crippen molar-refractivity contribution in [2.24, 2.45) is 5.10 Å². The lowest BCUT2D eigenvalue weighted by Gasteiger charge is -2.29. The number of sulfonamides is 1. The topological polar surface area (TPSA) is 91.3 Å². The van der Waals surface area contributed by atoms with Gasteiger partial charge in [-0.25, -0.2) is 13.8 Å². The van der Waals surface area contributed by atoms with Gasteiger partial charge in [0.1, 0.15) is 17.5 Å². The number of ether oxygens (including phenoxy) is 1. The number of nitrogens with one attached hydrogen (secondary N) is 1. The Morgan fingerprint density at radius 3 is 2.11 bits per heavy atom. The van der Waals surface area contributed by atoms with Gasteiger partial charge >= 0.3 is 0 Å². The average molecular weight is 521 g/mol. The fourth-order valence-corrected chi connectivity index (χ4v) is 5.42. The van der Waals surface area contributed by atoms with E-state index in [0.717, 1.165) is 48.7 Å². The second kappa shape index (κ2) is 12.0. The highest BCUT2D eigenvalue weighted by Crippen LogP contribution is 2.27. The summed E-state index contributed by atoms with van der Waals surface area (Å²) in [7, 11) is -3.74. The summed E-state index contributed by atoms with van der Waals surface area (Å²) in [6.07, 6.45) is 2.58. The Bertz CT molecular complexity index is 1300. The summed E-state index contributed by atoms with van der Waals surface area (Å²) in [5, 5.41) is 4.31. The summed E-state index contributed by atoms with van der Waals surface area (Å²) in [6.45, 7) is 4.14. The van der Waals surface area contributed by atoms with Crippen LogP contribution in [0.3, 0.4) is 0 Å². The highest BCUT2D eigenvalue weighted by molar-refractivity contribution is 7.92. The third kappa shape index (κ3) is 7.41. The number of amides is 1. The number of hydrazone groups is 1. The van der Waals surface area contributed by atoms with Crippen molar-refractivity contribution >= 4 is 27.3 Å². The molecule has 37 heavy (non-hydrogen) atoms. The second-order valence-electron chi connectivity index (χ2n) is 9.06. The molecule has 4 rings (SSSR count). The fraction of sp³-hybridized carbons (Fsp3) is 0.286. The molecule has 1 heterocycles. The highest BCUT2D eigenvalue weighted by atomic mass is 32.2. The predicted molar refractivity (Wildman–Crippen MR) is 146 cm³/mol. The number of hydrogen-bond donors (Lipinski definition) is 1. The van der Waals surface area contributed by atoms with E-state index in [1.807, 2.05) is 48.5 Å². The first-order valence-corrected chi connectivity index (χ1v) is 14.1. The summed E-state index contributed by atoms with van der Waals surface area (Å²) in [6, 6.07) is 25.2. The molecule has 0 aliphatic carbocycles. The van der Waals surface area contributed by atoms with E-state index < -0.39 is 22.0 Å². The number of carbonyl (C=O) groups is 1. The Labute approximate surface area is 218 Å². The number of anilines is 1. The van der Waals surface area contributed by atoms with Crippen molar-refractivity contribution in [3.63, 3.8) is 0 Å². The Kier molecular flexibility index (Phi) is 8.58. The third-order valence-electron chi connectivity index (χ3n) is 6.17. The molecule has 0 saturated carbocycles. The van der Waals surface area contributed by atoms with E-state index in [9.17, 15) is 13.2 Å². The van der Waals surface area contributed by atoms with Crippen LogP contribution >= 0.6 is 0 Å². The lowest BCUT2D eigenvalue weighted by molar-refractivity contribution is -0.121. The van der Waals surface area contributed by atoms with Crippen molar-refractivity contribution in [2.45, 2.75) is 32.4 Å². The molecule has 3 aromatic rings. The van der Waals surface area contributed by atoms with E-state index in [4.69, 9.17) is 4.74 Å². The summed E-state index contributed by atoms with van der Waals surface area (Å²) >= 11 is 0. The van der Waals surface area contributed by atoms with Gasteiger partial charge in [-0.3, -0.25) is 14.0 Å². The molecular formula is C28H32N4O4S. The molecule has 0 unspecified atom stereocenters. The maximum Gasteiger partial charge on any atom is 0.263 e. The van der Waals surface area contributed by atoms with Gasteiger partial charge in [-0.05, 0) is 48.9 Å². The molecule has 1 amide bonds. The van der Waals surface area contributed by atoms with Gasteiger partial charge in [-0.15, -0.1) is 0 Å². The van der Waals surface area contributed by atoms with Crippen LogP contribution in [-0.4, -0.2) is 50.3 Å². The predicted octanol–water partition coefficient (Wildman–Crippen LogP) is 4.40. The summed E-state index contributed by atoms with van der Waals surface area (Å²) in [4.78, 5) is 15.3. The number of carbonyl (C=O) groups excluding carboxylic acids is 1. The number of likely N-dealkylation sites (tertiary alicyclic amines) is 1. The smallest absolute Gasteiger partial charge is 0.263 e. The zero-order chi connectivity index (χ0) is 26.3. The molecular weight excluding hydrogens is 488 g/mol. The zero-order valence-corrected chi connectivity index (χ0v) is 21.9. The van der Waals surface area contributed by atoms with Crippen LogP contribution in [0.2, 0.25) is 0 Å². The molecule has 3 aromatic carbocycles. The highest BCUT2D eigenvalue weighted by Gasteiger charge is 2.29. The van der Waals surface area contributed by atoms with Gasteiger partial charge in [-0.1, -0.05) is 48.5 Å². The minimum absolute atomic E-state index is 0.368. The van der Waals surface area contributed by atoms with Crippen LogP contribution in [0.1, 0.15) is 25.3 Å². The van der Waals surface area contributed by atoms with Crippen LogP contribution < -0.4 is 14.5 Å². The Balaban J connectivity index is 1.36. The molecule has 1 saturated heterocycles. The minimum Gasteiger partial charge on any atom is -0.457 e. The van der Waals surface area contributed by atoms with E-state index >= 15 is 0 Å². The van der Waals surface area contributed by atoms with Gasteiger partial charge in [0.05, 0.1) is 11.9 Å². The lowest BCUT2D eigenvalue weighted by atomic mass is 10.1. The van der Waals surface area contributed by atoms with Crippen LogP contribution in [0.5, 0.6) is 11.5 Å². The van der Waals surface area contributed by atoms with Crippen molar-refractivity contribution < 1.29 is 17.9 Å². The maximum absolute atomic E-state index is 12.9. The van der Waals surface area contributed by atoms with E-state index in [0.29, 0.717) is 17.2 Å². The van der Waals surface area contributed by atoms with Crippen LogP contribution in [0.25, 0.3) is 0 Å². The first-order valence-electron chi connectivity index (χ1n) is 12.2. The van der Waals surface area contributed by atoms with Gasteiger partial charge in [0.2, 0.25) is 10.0 Å². The zero-order valence-electron chi connectivity index (χ0n) is 21.1. The molecule has 1 N–H and O–H groups in total. The minimum atomic E-state index is -3.74. The number of para-hydroxylation sites is 1. The first kappa shape index (κ1) is 26.4. The Morgan fingerprint density at radius 1 is 0.946 bits per heavy atom. The summed E-state index contributed by atoms with van der Waals surface area (Å²) in [5.41, 5.74) is 5.12. The maximum atomic E-state index is 12.9. The quantitative estimate of drug-likeness (QED) is 0.422. The van der Waals surface area contributed by atoms with Crippen molar-refractivity contribution in [1.82, 2.24) is 10.3 Å². The van der Waals surface area contributed by atoms with E-state index in [-0.39, 0.29) is 0 Å². The number of nitrogens with zero attached hydrogens (tertiary/aromatic N) is 3. The van der Waals surface area contributed by atoms with Crippen LogP contribution in [0.4, 0.5) is 5.69 Å². The van der Waals surface area contributed by atoms with Crippen molar-refractivity contribution in [2.75, 3.05) is 23.7 Å². The van der Waals surface area contributed by atoms with Crippen LogP contribution in [-0.2, 0) is 21.4 Å². The molecule has 1 aliphatic heterocycles. The second-order valence-corrected chi connectivity index (χ2v) is 10.9. The number of piperidine rings is 1. The van der Waals surface area contributed by atoms with Gasteiger partial charge in [0, 0.05) is 38.2 Å². The van der Waals surface area contributed by atoms with Crippen molar-refractivity contribution in [3.8, 4) is 11.5 Å². The SMILES string of the molecule is C[C@@H](C(=O)NN=C1CCN(Cc2ccccc2)CC1)N(c1ccc(Oc2ccccc2)cc1)S(C)(=O)=O. The first-order chi connectivity index (χ1) is 17.8. The van der Waals surface area contributed by atoms with Crippen molar-refractivity contribution in [1.29, 1.82) is 0 Å².